The van der Waals surface area contributed by atoms with Gasteiger partial charge in [0.2, 0.25) is 0 Å². The van der Waals surface area contributed by atoms with Gasteiger partial charge >= 0.3 is 5.97 Å². The van der Waals surface area contributed by atoms with E-state index in [0.29, 0.717) is 19.6 Å². The summed E-state index contributed by atoms with van der Waals surface area (Å²) in [5.74, 6) is -0.294. The average molecular weight is 265 g/mol. The molecule has 2 unspecified atom stereocenters. The van der Waals surface area contributed by atoms with Crippen LogP contribution in [0.25, 0.3) is 0 Å². The van der Waals surface area contributed by atoms with Gasteiger partial charge in [0.1, 0.15) is 5.75 Å². The highest BCUT2D eigenvalue weighted by Crippen LogP contribution is 2.33. The Labute approximate surface area is 112 Å². The molecule has 1 saturated heterocycles. The van der Waals surface area contributed by atoms with Crippen LogP contribution in [0.15, 0.2) is 18.2 Å². The fourth-order valence-electron chi connectivity index (χ4n) is 2.56. The Morgan fingerprint density at radius 3 is 2.84 bits per heavy atom. The molecule has 2 atom stereocenters. The van der Waals surface area contributed by atoms with Crippen molar-refractivity contribution in [3.8, 4) is 5.75 Å². The van der Waals surface area contributed by atoms with E-state index in [0.717, 1.165) is 16.9 Å². The summed E-state index contributed by atoms with van der Waals surface area (Å²) in [5.41, 5.74) is 2.04. The first-order chi connectivity index (χ1) is 9.17. The Morgan fingerprint density at radius 2 is 2.26 bits per heavy atom. The summed E-state index contributed by atoms with van der Waals surface area (Å²) in [6, 6.07) is 5.85. The van der Waals surface area contributed by atoms with Crippen molar-refractivity contribution in [1.82, 2.24) is 5.32 Å². The predicted molar refractivity (Wildman–Crippen MR) is 70.2 cm³/mol. The van der Waals surface area contributed by atoms with E-state index in [1.165, 1.54) is 0 Å². The van der Waals surface area contributed by atoms with E-state index < -0.39 is 5.97 Å². The molecule has 2 N–H and O–H groups in total. The van der Waals surface area contributed by atoms with Crippen molar-refractivity contribution in [2.45, 2.75) is 19.1 Å². The van der Waals surface area contributed by atoms with Crippen LogP contribution < -0.4 is 10.1 Å². The number of rotatable bonds is 5. The molecular formula is C14H19NO4. The normalized spacial score (nSPS) is 22.4. The molecule has 19 heavy (non-hydrogen) atoms. The lowest BCUT2D eigenvalue weighted by molar-refractivity contribution is -0.141. The molecule has 1 heterocycles. The number of aliphatic carboxylic acids is 1. The minimum atomic E-state index is -0.744. The molecule has 1 aromatic rings. The second kappa shape index (κ2) is 6.04. The van der Waals surface area contributed by atoms with Gasteiger partial charge in [0.15, 0.2) is 0 Å². The van der Waals surface area contributed by atoms with Crippen LogP contribution in [0.4, 0.5) is 0 Å². The summed E-state index contributed by atoms with van der Waals surface area (Å²) in [4.78, 5) is 11.0. The van der Waals surface area contributed by atoms with E-state index in [4.69, 9.17) is 14.6 Å². The first kappa shape index (κ1) is 13.8. The molecule has 1 fully saturated rings. The standard InChI is InChI=1S/C14H19NO4/c1-18-8-11-10(4-3-5-13(11)19-2)12-6-9(7-15-12)14(16)17/h3-5,9,12,15H,6-8H2,1-2H3,(H,16,17). The highest BCUT2D eigenvalue weighted by Gasteiger charge is 2.31. The van der Waals surface area contributed by atoms with Crippen LogP contribution in [0.2, 0.25) is 0 Å². The van der Waals surface area contributed by atoms with E-state index in [1.807, 2.05) is 18.2 Å². The van der Waals surface area contributed by atoms with Crippen molar-refractivity contribution < 1.29 is 19.4 Å². The fourth-order valence-corrected chi connectivity index (χ4v) is 2.56. The maximum absolute atomic E-state index is 11.0. The quantitative estimate of drug-likeness (QED) is 0.846. The first-order valence-corrected chi connectivity index (χ1v) is 6.28. The molecule has 1 aliphatic heterocycles. The van der Waals surface area contributed by atoms with Crippen LogP contribution in [0.1, 0.15) is 23.6 Å². The molecule has 0 aromatic heterocycles. The number of carbonyl (C=O) groups is 1. The molecule has 0 amide bonds. The molecule has 1 aliphatic rings. The lowest BCUT2D eigenvalue weighted by Crippen LogP contribution is -2.18. The van der Waals surface area contributed by atoms with Crippen molar-refractivity contribution in [3.63, 3.8) is 0 Å². The van der Waals surface area contributed by atoms with Crippen LogP contribution >= 0.6 is 0 Å². The summed E-state index contributed by atoms with van der Waals surface area (Å²) >= 11 is 0. The van der Waals surface area contributed by atoms with Gasteiger partial charge in [-0.05, 0) is 18.1 Å². The molecule has 5 heteroatoms. The first-order valence-electron chi connectivity index (χ1n) is 6.28. The number of methoxy groups -OCH3 is 2. The number of nitrogens with one attached hydrogen (secondary N) is 1. The molecule has 5 nitrogen and oxygen atoms in total. The Balaban J connectivity index is 2.27. The zero-order chi connectivity index (χ0) is 13.8. The Morgan fingerprint density at radius 1 is 1.47 bits per heavy atom. The Bertz CT molecular complexity index is 461. The van der Waals surface area contributed by atoms with Crippen LogP contribution in [-0.2, 0) is 16.1 Å². The van der Waals surface area contributed by atoms with Crippen molar-refractivity contribution in [1.29, 1.82) is 0 Å². The number of hydrogen-bond acceptors (Lipinski definition) is 4. The minimum Gasteiger partial charge on any atom is -0.496 e. The third kappa shape index (κ3) is 2.88. The molecule has 104 valence electrons. The Hall–Kier alpha value is -1.59. The van der Waals surface area contributed by atoms with E-state index in [-0.39, 0.29) is 12.0 Å². The molecule has 0 aliphatic carbocycles. The SMILES string of the molecule is COCc1c(OC)cccc1C1CC(C(=O)O)CN1. The number of hydrogen-bond donors (Lipinski definition) is 2. The van der Waals surface area contributed by atoms with Gasteiger partial charge in [-0.3, -0.25) is 4.79 Å². The highest BCUT2D eigenvalue weighted by molar-refractivity contribution is 5.71. The molecule has 0 radical (unpaired) electrons. The summed E-state index contributed by atoms with van der Waals surface area (Å²) in [7, 11) is 3.26. The largest absolute Gasteiger partial charge is 0.496 e. The minimum absolute atomic E-state index is 0.0429. The Kier molecular flexibility index (Phi) is 4.39. The number of ether oxygens (including phenoxy) is 2. The highest BCUT2D eigenvalue weighted by atomic mass is 16.5. The molecule has 2 rings (SSSR count). The summed E-state index contributed by atoms with van der Waals surface area (Å²) < 4.78 is 10.6. The smallest absolute Gasteiger partial charge is 0.307 e. The summed E-state index contributed by atoms with van der Waals surface area (Å²) in [6.07, 6.45) is 0.596. The van der Waals surface area contributed by atoms with Crippen molar-refractivity contribution >= 4 is 5.97 Å². The summed E-state index contributed by atoms with van der Waals surface area (Å²) in [6.45, 7) is 0.957. The topological polar surface area (TPSA) is 67.8 Å². The third-order valence-electron chi connectivity index (χ3n) is 3.53. The lowest BCUT2D eigenvalue weighted by atomic mass is 9.95. The average Bonchev–Trinajstić information content (AvgIpc) is 2.89. The van der Waals surface area contributed by atoms with E-state index in [1.54, 1.807) is 14.2 Å². The molecule has 1 aromatic carbocycles. The molecular weight excluding hydrogens is 246 g/mol. The van der Waals surface area contributed by atoms with Gasteiger partial charge < -0.3 is 19.9 Å². The van der Waals surface area contributed by atoms with Gasteiger partial charge in [0, 0.05) is 25.3 Å². The molecule has 0 saturated carbocycles. The number of benzene rings is 1. The van der Waals surface area contributed by atoms with Gasteiger partial charge in [0.25, 0.3) is 0 Å². The van der Waals surface area contributed by atoms with Crippen LogP contribution in [0.3, 0.4) is 0 Å². The maximum Gasteiger partial charge on any atom is 0.307 e. The van der Waals surface area contributed by atoms with Crippen LogP contribution in [-0.4, -0.2) is 31.8 Å². The monoisotopic (exact) mass is 265 g/mol. The zero-order valence-electron chi connectivity index (χ0n) is 11.2. The third-order valence-corrected chi connectivity index (χ3v) is 3.53. The predicted octanol–water partition coefficient (Wildman–Crippen LogP) is 1.58. The van der Waals surface area contributed by atoms with Crippen LogP contribution in [0.5, 0.6) is 5.75 Å². The van der Waals surface area contributed by atoms with Crippen molar-refractivity contribution in [2.24, 2.45) is 5.92 Å². The van der Waals surface area contributed by atoms with E-state index in [2.05, 4.69) is 5.32 Å². The molecule has 0 bridgehead atoms. The van der Waals surface area contributed by atoms with Crippen LogP contribution in [0, 0.1) is 5.92 Å². The van der Waals surface area contributed by atoms with Gasteiger partial charge in [0.05, 0.1) is 19.6 Å². The zero-order valence-corrected chi connectivity index (χ0v) is 11.2. The van der Waals surface area contributed by atoms with E-state index >= 15 is 0 Å². The fraction of sp³-hybridized carbons (Fsp3) is 0.500. The maximum atomic E-state index is 11.0. The van der Waals surface area contributed by atoms with E-state index in [9.17, 15) is 4.79 Å². The number of carboxylic acids is 1. The number of carboxylic acid groups (broad SMARTS) is 1. The lowest BCUT2D eigenvalue weighted by Gasteiger charge is -2.18. The van der Waals surface area contributed by atoms with Gasteiger partial charge in [-0.15, -0.1) is 0 Å². The summed E-state index contributed by atoms with van der Waals surface area (Å²) in [5, 5.41) is 12.3. The molecule has 0 spiro atoms. The van der Waals surface area contributed by atoms with Gasteiger partial charge in [-0.25, -0.2) is 0 Å². The van der Waals surface area contributed by atoms with Crippen molar-refractivity contribution in [2.75, 3.05) is 20.8 Å². The van der Waals surface area contributed by atoms with Gasteiger partial charge in [-0.1, -0.05) is 12.1 Å². The second-order valence-electron chi connectivity index (χ2n) is 4.69. The second-order valence-corrected chi connectivity index (χ2v) is 4.69. The van der Waals surface area contributed by atoms with Crippen molar-refractivity contribution in [3.05, 3.63) is 29.3 Å². The van der Waals surface area contributed by atoms with Gasteiger partial charge in [-0.2, -0.15) is 0 Å².